The number of alkyl halides is 6. The fraction of sp³-hybridized carbons (Fsp3) is 0.381. The predicted molar refractivity (Wildman–Crippen MR) is 115 cm³/mol. The van der Waals surface area contributed by atoms with Crippen LogP contribution in [0.3, 0.4) is 0 Å². The number of halogens is 8. The van der Waals surface area contributed by atoms with Crippen molar-refractivity contribution in [3.8, 4) is 11.8 Å². The number of hydrogen-bond acceptors (Lipinski definition) is 5. The van der Waals surface area contributed by atoms with E-state index in [1.807, 2.05) is 0 Å². The number of piperazine rings is 1. The average Bonchev–Trinajstić information content (AvgIpc) is 2.79. The van der Waals surface area contributed by atoms with E-state index < -0.39 is 55.4 Å². The van der Waals surface area contributed by atoms with Gasteiger partial charge in [0.2, 0.25) is 10.0 Å². The number of nitrogens with zero attached hydrogens (tertiary/aromatic N) is 3. The minimum absolute atomic E-state index is 0.0514. The van der Waals surface area contributed by atoms with Crippen LogP contribution in [0.4, 0.5) is 36.4 Å². The molecule has 1 fully saturated rings. The van der Waals surface area contributed by atoms with Gasteiger partial charge in [-0.15, -0.1) is 5.92 Å². The van der Waals surface area contributed by atoms with Gasteiger partial charge in [0, 0.05) is 37.1 Å². The summed E-state index contributed by atoms with van der Waals surface area (Å²) in [5.41, 5.74) is -6.35. The summed E-state index contributed by atoms with van der Waals surface area (Å²) in [5, 5.41) is 9.05. The normalized spacial score (nSPS) is 18.1. The van der Waals surface area contributed by atoms with Crippen LogP contribution in [0, 0.1) is 17.7 Å². The number of pyridine rings is 1. The highest BCUT2D eigenvalue weighted by Gasteiger charge is 2.71. The minimum atomic E-state index is -6.03. The second-order valence-electron chi connectivity index (χ2n) is 7.66. The van der Waals surface area contributed by atoms with E-state index in [-0.39, 0.29) is 25.3 Å². The molecule has 0 bridgehead atoms. The van der Waals surface area contributed by atoms with Crippen LogP contribution in [0.2, 0.25) is 5.15 Å². The van der Waals surface area contributed by atoms with Crippen molar-refractivity contribution in [3.63, 3.8) is 0 Å². The second-order valence-corrected chi connectivity index (χ2v) is 9.96. The van der Waals surface area contributed by atoms with E-state index in [4.69, 9.17) is 11.6 Å². The van der Waals surface area contributed by atoms with Gasteiger partial charge in [-0.25, -0.2) is 17.8 Å². The van der Waals surface area contributed by atoms with Gasteiger partial charge in [-0.3, -0.25) is 0 Å². The molecule has 1 atom stereocenters. The lowest BCUT2D eigenvalue weighted by Gasteiger charge is -2.40. The van der Waals surface area contributed by atoms with Crippen molar-refractivity contribution in [1.82, 2.24) is 9.29 Å². The lowest BCUT2D eigenvalue weighted by Crippen LogP contribution is -2.55. The fourth-order valence-corrected chi connectivity index (χ4v) is 5.15. The van der Waals surface area contributed by atoms with Gasteiger partial charge in [0.15, 0.2) is 11.0 Å². The van der Waals surface area contributed by atoms with Crippen LogP contribution in [0.25, 0.3) is 0 Å². The van der Waals surface area contributed by atoms with Crippen LogP contribution in [0.15, 0.2) is 41.4 Å². The van der Waals surface area contributed by atoms with E-state index in [0.717, 1.165) is 22.6 Å². The lowest BCUT2D eigenvalue weighted by molar-refractivity contribution is -0.376. The van der Waals surface area contributed by atoms with Crippen LogP contribution < -0.4 is 4.90 Å². The van der Waals surface area contributed by atoms with Crippen molar-refractivity contribution in [1.29, 1.82) is 0 Å². The third-order valence-corrected chi connectivity index (χ3v) is 7.61. The Morgan fingerprint density at radius 3 is 2.17 bits per heavy atom. The van der Waals surface area contributed by atoms with Crippen molar-refractivity contribution in [2.24, 2.45) is 0 Å². The summed E-state index contributed by atoms with van der Waals surface area (Å²) in [6.07, 6.45) is -11.2. The maximum absolute atomic E-state index is 13.8. The third-order valence-electron chi connectivity index (χ3n) is 5.50. The number of sulfonamides is 1. The first-order valence-electron chi connectivity index (χ1n) is 10.0. The number of hydrogen-bond donors (Lipinski definition) is 1. The van der Waals surface area contributed by atoms with Gasteiger partial charge in [-0.2, -0.15) is 30.6 Å². The molecular formula is C21H17ClF7N3O3S. The first-order valence-corrected chi connectivity index (χ1v) is 11.8. The van der Waals surface area contributed by atoms with Gasteiger partial charge >= 0.3 is 12.4 Å². The van der Waals surface area contributed by atoms with Gasteiger partial charge < -0.3 is 10.0 Å². The molecule has 196 valence electrons. The highest BCUT2D eigenvalue weighted by Crippen LogP contribution is 2.50. The Morgan fingerprint density at radius 2 is 1.67 bits per heavy atom. The van der Waals surface area contributed by atoms with E-state index in [0.29, 0.717) is 18.2 Å². The lowest BCUT2D eigenvalue weighted by atomic mass is 9.92. The van der Waals surface area contributed by atoms with E-state index in [1.165, 1.54) is 11.8 Å². The number of rotatable bonds is 4. The number of aromatic nitrogens is 1. The van der Waals surface area contributed by atoms with Gasteiger partial charge in [-0.05, 0) is 25.1 Å². The molecule has 2 aromatic rings. The molecule has 0 amide bonds. The Bertz CT molecular complexity index is 1280. The SMILES string of the molecule is CC#CC1CN(S(=O)(=O)c2cnc(Cl)c(F)c2)CCN1c1ccc(C(O)(C(F)(F)F)C(F)(F)F)cc1. The third kappa shape index (κ3) is 4.97. The minimum Gasteiger partial charge on any atom is -0.369 e. The Balaban J connectivity index is 1.90. The Hall–Kier alpha value is -2.60. The van der Waals surface area contributed by atoms with Crippen LogP contribution in [0.1, 0.15) is 12.5 Å². The van der Waals surface area contributed by atoms with Gasteiger partial charge in [-0.1, -0.05) is 29.7 Å². The maximum Gasteiger partial charge on any atom is 0.430 e. The number of anilines is 1. The summed E-state index contributed by atoms with van der Waals surface area (Å²) in [4.78, 5) is 4.52. The smallest absolute Gasteiger partial charge is 0.369 e. The molecule has 0 saturated carbocycles. The summed E-state index contributed by atoms with van der Waals surface area (Å²) in [6.45, 7) is 1.000. The molecular weight excluding hydrogens is 543 g/mol. The van der Waals surface area contributed by atoms with Crippen molar-refractivity contribution in [2.45, 2.75) is 35.8 Å². The van der Waals surface area contributed by atoms with Crippen LogP contribution >= 0.6 is 11.6 Å². The van der Waals surface area contributed by atoms with Gasteiger partial charge in [0.05, 0.1) is 0 Å². The zero-order valence-corrected chi connectivity index (χ0v) is 19.8. The molecule has 1 unspecified atom stereocenters. The van der Waals surface area contributed by atoms with E-state index in [9.17, 15) is 44.3 Å². The van der Waals surface area contributed by atoms with E-state index in [2.05, 4.69) is 16.8 Å². The Morgan fingerprint density at radius 1 is 1.08 bits per heavy atom. The van der Waals surface area contributed by atoms with Gasteiger partial charge in [0.1, 0.15) is 10.9 Å². The summed E-state index contributed by atoms with van der Waals surface area (Å²) < 4.78 is 120. The Kier molecular flexibility index (Phi) is 7.54. The maximum atomic E-state index is 13.8. The summed E-state index contributed by atoms with van der Waals surface area (Å²) >= 11 is 5.50. The molecule has 1 saturated heterocycles. The molecule has 0 spiro atoms. The zero-order valence-electron chi connectivity index (χ0n) is 18.2. The van der Waals surface area contributed by atoms with E-state index in [1.54, 1.807) is 0 Å². The largest absolute Gasteiger partial charge is 0.430 e. The molecule has 1 aromatic heterocycles. The fourth-order valence-electron chi connectivity index (χ4n) is 3.65. The molecule has 0 radical (unpaired) electrons. The second kappa shape index (κ2) is 9.70. The summed E-state index contributed by atoms with van der Waals surface area (Å²) in [5.74, 6) is 4.31. The molecule has 36 heavy (non-hydrogen) atoms. The molecule has 1 N–H and O–H groups in total. The summed E-state index contributed by atoms with van der Waals surface area (Å²) in [6, 6.07) is 2.75. The highest BCUT2D eigenvalue weighted by atomic mass is 35.5. The zero-order chi connectivity index (χ0) is 27.1. The van der Waals surface area contributed by atoms with Crippen molar-refractivity contribution in [3.05, 3.63) is 53.1 Å². The van der Waals surface area contributed by atoms with Crippen molar-refractivity contribution >= 4 is 27.3 Å². The molecule has 6 nitrogen and oxygen atoms in total. The van der Waals surface area contributed by atoms with E-state index >= 15 is 0 Å². The molecule has 1 aromatic carbocycles. The first kappa shape index (κ1) is 28.0. The van der Waals surface area contributed by atoms with Crippen LogP contribution in [-0.4, -0.2) is 60.8 Å². The molecule has 1 aliphatic heterocycles. The molecule has 3 rings (SSSR count). The highest BCUT2D eigenvalue weighted by molar-refractivity contribution is 7.89. The number of benzene rings is 1. The average molecular weight is 560 g/mol. The van der Waals surface area contributed by atoms with Crippen LogP contribution in [0.5, 0.6) is 0 Å². The summed E-state index contributed by atoms with van der Waals surface area (Å²) in [7, 11) is -4.22. The molecule has 15 heteroatoms. The molecule has 0 aliphatic carbocycles. The van der Waals surface area contributed by atoms with Crippen molar-refractivity contribution < 1.29 is 44.3 Å². The topological polar surface area (TPSA) is 73.7 Å². The van der Waals surface area contributed by atoms with Gasteiger partial charge in [0.25, 0.3) is 5.60 Å². The number of aliphatic hydroxyl groups is 1. The standard InChI is InChI=1S/C21H17ClF7N3O3S/c1-2-3-15-12-31(36(34,35)16-10-17(23)18(22)30-11-16)8-9-32(15)14-6-4-13(5-7-14)19(33,20(24,25)26)21(27,28)29/h4-7,10-11,15,33H,8-9,12H2,1H3. The molecule has 1 aliphatic rings. The van der Waals surface area contributed by atoms with Crippen molar-refractivity contribution in [2.75, 3.05) is 24.5 Å². The quantitative estimate of drug-likeness (QED) is 0.347. The molecule has 2 heterocycles. The predicted octanol–water partition coefficient (Wildman–Crippen LogP) is 4.09. The first-order chi connectivity index (χ1) is 16.5. The van der Waals surface area contributed by atoms with Crippen LogP contribution in [-0.2, 0) is 15.6 Å². The monoisotopic (exact) mass is 559 g/mol. The Labute approximate surface area is 206 Å².